The summed E-state index contributed by atoms with van der Waals surface area (Å²) in [6, 6.07) is 25.5. The van der Waals surface area contributed by atoms with Crippen molar-refractivity contribution in [2.75, 3.05) is 7.11 Å². The lowest BCUT2D eigenvalue weighted by atomic mass is 9.87. The Labute approximate surface area is 501 Å². The van der Waals surface area contributed by atoms with E-state index in [0.29, 0.717) is 70.8 Å². The van der Waals surface area contributed by atoms with Gasteiger partial charge in [0, 0.05) is 63.0 Å². The summed E-state index contributed by atoms with van der Waals surface area (Å²) < 4.78 is 132. The molecule has 0 aromatic heterocycles. The maximum Gasteiger partial charge on any atom is 0.373 e. The molecule has 5 unspecified atom stereocenters. The van der Waals surface area contributed by atoms with Crippen molar-refractivity contribution in [2.45, 2.75) is 210 Å². The van der Waals surface area contributed by atoms with Crippen molar-refractivity contribution in [3.63, 3.8) is 0 Å². The Morgan fingerprint density at radius 3 is 1.63 bits per heavy atom. The molecule has 8 rings (SSSR count). The molecule has 0 fully saturated rings. The van der Waals surface area contributed by atoms with Crippen molar-refractivity contribution in [3.8, 4) is 59.2 Å². The second-order valence-electron chi connectivity index (χ2n) is 21.3. The number of benzene rings is 3. The van der Waals surface area contributed by atoms with Gasteiger partial charge in [-0.3, -0.25) is 4.79 Å². The van der Waals surface area contributed by atoms with Crippen molar-refractivity contribution < 1.29 is 78.1 Å². The van der Waals surface area contributed by atoms with Gasteiger partial charge in [-0.1, -0.05) is 138 Å². The lowest BCUT2D eigenvalue weighted by Gasteiger charge is -2.24. The zero-order valence-corrected chi connectivity index (χ0v) is 49.4. The molecule has 3 aromatic rings. The number of halogens is 9. The molecular weight excluding hydrogens is 1130 g/mol. The van der Waals surface area contributed by atoms with Crippen LogP contribution in [0.5, 0.6) is 0 Å². The highest BCUT2D eigenvalue weighted by Crippen LogP contribution is 2.35. The van der Waals surface area contributed by atoms with Gasteiger partial charge in [0.05, 0.1) is 25.2 Å². The van der Waals surface area contributed by atoms with E-state index < -0.39 is 53.6 Å². The molecule has 0 saturated heterocycles. The van der Waals surface area contributed by atoms with Crippen LogP contribution in [-0.4, -0.2) is 72.1 Å². The maximum absolute atomic E-state index is 13.9. The van der Waals surface area contributed by atoms with Crippen LogP contribution in [0.3, 0.4) is 0 Å². The number of carbonyl (C=O) groups is 1. The molecule has 464 valence electrons. The third kappa shape index (κ3) is 32.8. The summed E-state index contributed by atoms with van der Waals surface area (Å²) in [5.41, 5.74) is 4.02. The first kappa shape index (κ1) is 74.8. The summed E-state index contributed by atoms with van der Waals surface area (Å²) in [6.45, 7) is 6.13. The van der Waals surface area contributed by atoms with E-state index in [4.69, 9.17) is 33.8 Å². The largest absolute Gasteiger partial charge is 0.481 e. The minimum atomic E-state index is -3.14. The van der Waals surface area contributed by atoms with E-state index >= 15 is 0 Å². The Hall–Kier alpha value is -7.28. The Morgan fingerprint density at radius 1 is 0.570 bits per heavy atom. The molecule has 0 aliphatic heterocycles. The zero-order chi connectivity index (χ0) is 63.9. The normalized spacial score (nSPS) is 23.1. The lowest BCUT2D eigenvalue weighted by Crippen LogP contribution is -2.29. The molecule has 86 heavy (non-hydrogen) atoms. The summed E-state index contributed by atoms with van der Waals surface area (Å²) >= 11 is 0. The quantitative estimate of drug-likeness (QED) is 0.166. The molecule has 5 aliphatic carbocycles. The fourth-order valence-electron chi connectivity index (χ4n) is 9.07. The SMILES string of the molecule is CC1(F)C#CCCC(OCc2ccccc2)CC1.COC1CCC#CC(F)(F)CC1.Cc1ccc(/C=C2\CCCCC#CC2(F)F)cc1.Cc1ccc(CC2CCCCC#CC2(F)F)cc1.O=C(O)CC1CCCCC#CC1(F)F.O=C=O.O=C=O. The summed E-state index contributed by atoms with van der Waals surface area (Å²) in [5, 5.41) is 8.48. The highest BCUT2D eigenvalue weighted by atomic mass is 19.3. The average molecular weight is 1210 g/mol. The van der Waals surface area contributed by atoms with Gasteiger partial charge in [0.2, 0.25) is 0 Å². The van der Waals surface area contributed by atoms with E-state index in [1.807, 2.05) is 105 Å². The number of ether oxygens (including phenoxy) is 2. The lowest BCUT2D eigenvalue weighted by molar-refractivity contribution is -0.193. The van der Waals surface area contributed by atoms with E-state index in [1.165, 1.54) is 0 Å². The summed E-state index contributed by atoms with van der Waals surface area (Å²) in [6.07, 6.45) is 14.2. The maximum atomic E-state index is 13.9. The van der Waals surface area contributed by atoms with Crippen molar-refractivity contribution in [1.82, 2.24) is 0 Å². The van der Waals surface area contributed by atoms with Gasteiger partial charge in [-0.2, -0.15) is 54.3 Å². The van der Waals surface area contributed by atoms with Gasteiger partial charge < -0.3 is 14.6 Å². The highest BCUT2D eigenvalue weighted by molar-refractivity contribution is 5.67. The van der Waals surface area contributed by atoms with Crippen LogP contribution in [0.15, 0.2) is 84.4 Å². The van der Waals surface area contributed by atoms with Crippen LogP contribution in [0.2, 0.25) is 0 Å². The number of hydrogen-bond donors (Lipinski definition) is 1. The second-order valence-corrected chi connectivity index (χ2v) is 21.3. The van der Waals surface area contributed by atoms with Crippen molar-refractivity contribution >= 4 is 24.3 Å². The van der Waals surface area contributed by atoms with Gasteiger partial charge in [-0.05, 0) is 151 Å². The Morgan fingerprint density at radius 2 is 1.06 bits per heavy atom. The molecule has 3 aromatic carbocycles. The van der Waals surface area contributed by atoms with Crippen molar-refractivity contribution in [2.24, 2.45) is 11.8 Å². The summed E-state index contributed by atoms with van der Waals surface area (Å²) in [4.78, 5) is 42.9. The fraction of sp³-hybridized carbons (Fsp3) is 0.522. The first-order chi connectivity index (χ1) is 40.8. The fourth-order valence-corrected chi connectivity index (χ4v) is 9.07. The number of aryl methyl sites for hydroxylation is 2. The Balaban J connectivity index is 0.000000360. The molecule has 17 heteroatoms. The smallest absolute Gasteiger partial charge is 0.373 e. The molecule has 1 N–H and O–H groups in total. The van der Waals surface area contributed by atoms with Crippen molar-refractivity contribution in [3.05, 3.63) is 112 Å². The summed E-state index contributed by atoms with van der Waals surface area (Å²) in [7, 11) is 1.55. The van der Waals surface area contributed by atoms with Crippen LogP contribution in [-0.2, 0) is 46.5 Å². The molecular formula is C69H77F9O8. The minimum absolute atomic E-state index is 0.0505. The number of allylic oxidation sites excluding steroid dienone is 1. The van der Waals surface area contributed by atoms with Gasteiger partial charge in [0.25, 0.3) is 0 Å². The molecule has 0 saturated carbocycles. The molecule has 0 radical (unpaired) electrons. The number of carboxylic acids is 1. The van der Waals surface area contributed by atoms with E-state index in [2.05, 4.69) is 47.4 Å². The Bertz CT molecular complexity index is 2910. The first-order valence-corrected chi connectivity index (χ1v) is 28.7. The third-order valence-electron chi connectivity index (χ3n) is 14.0. The molecule has 0 bridgehead atoms. The number of methoxy groups -OCH3 is 1. The zero-order valence-electron chi connectivity index (χ0n) is 49.4. The molecule has 8 nitrogen and oxygen atoms in total. The van der Waals surface area contributed by atoms with Crippen LogP contribution in [0, 0.1) is 84.9 Å². The monoisotopic (exact) mass is 1200 g/mol. The minimum Gasteiger partial charge on any atom is -0.481 e. The standard InChI is InChI=1S/C16H18F2.C16H16F2.C16H19FO.C10H12F2O2.C9H12F2O.2CO2/c2*1-13-7-9-14(10-8-13)12-15-6-4-2-3-5-11-16(15,17)18;1-16(17)11-6-5-9-15(10-12-16)18-13-14-7-3-2-4-8-14;11-10(12)6-4-2-1-3-5-8(10)7-9(13)14;1-12-8-4-2-3-6-9(10,11)7-5-8;2*2-1-3/h7-10,15H,2-4,6,12H2,1H3;7-10,12H,2-4,6H2,1H3;2-4,7-8,15H,5,9-10,12-13H2,1H3;8H,1-3,5,7H2,(H,13,14);8H,2,4-5,7H2,1H3;;/b;15-12+;;;;;. The van der Waals surface area contributed by atoms with Crippen LogP contribution >= 0.6 is 0 Å². The molecule has 0 amide bonds. The number of aliphatic carboxylic acids is 1. The first-order valence-electron chi connectivity index (χ1n) is 28.7. The van der Waals surface area contributed by atoms with Crippen LogP contribution in [0.4, 0.5) is 39.5 Å². The van der Waals surface area contributed by atoms with Gasteiger partial charge >= 0.3 is 42.0 Å². The van der Waals surface area contributed by atoms with E-state index in [9.17, 15) is 44.3 Å². The number of alkyl halides is 9. The molecule has 0 spiro atoms. The topological polar surface area (TPSA) is 124 Å². The van der Waals surface area contributed by atoms with Gasteiger partial charge in [0.15, 0.2) is 5.67 Å². The number of hydrogen-bond acceptors (Lipinski definition) is 7. The predicted octanol–water partition coefficient (Wildman–Crippen LogP) is 16.2. The van der Waals surface area contributed by atoms with Crippen LogP contribution in [0.1, 0.15) is 170 Å². The van der Waals surface area contributed by atoms with Crippen LogP contribution in [0.25, 0.3) is 6.08 Å². The number of rotatable bonds is 9. The summed E-state index contributed by atoms with van der Waals surface area (Å²) in [5.74, 6) is 8.95. The number of carboxylic acid groups (broad SMARTS) is 1. The predicted molar refractivity (Wildman–Crippen MR) is 310 cm³/mol. The van der Waals surface area contributed by atoms with E-state index in [0.717, 1.165) is 85.6 Å². The van der Waals surface area contributed by atoms with E-state index in [-0.39, 0.29) is 42.9 Å². The molecule has 5 aliphatic rings. The molecule has 0 heterocycles. The van der Waals surface area contributed by atoms with Gasteiger partial charge in [0.1, 0.15) is 0 Å². The van der Waals surface area contributed by atoms with Crippen LogP contribution < -0.4 is 0 Å². The molecule has 5 atom stereocenters. The highest BCUT2D eigenvalue weighted by Gasteiger charge is 2.40. The second kappa shape index (κ2) is 40.2. The average Bonchev–Trinajstić information content (AvgIpc) is 3.49. The van der Waals surface area contributed by atoms with Gasteiger partial charge in [-0.25, -0.2) is 4.39 Å². The Kier molecular flexibility index (Phi) is 34.9. The van der Waals surface area contributed by atoms with Gasteiger partial charge in [-0.15, -0.1) is 0 Å². The van der Waals surface area contributed by atoms with E-state index in [1.54, 1.807) is 20.1 Å². The van der Waals surface area contributed by atoms with Crippen molar-refractivity contribution in [1.29, 1.82) is 0 Å². The number of carbonyl (C=O) groups excluding carboxylic acids is 4. The third-order valence-corrected chi connectivity index (χ3v) is 14.0.